The maximum absolute atomic E-state index is 13.8. The third-order valence-electron chi connectivity index (χ3n) is 3.90. The molecule has 0 fully saturated rings. The lowest BCUT2D eigenvalue weighted by Gasteiger charge is -2.15. The minimum Gasteiger partial charge on any atom is -0.449 e. The maximum Gasteiger partial charge on any atom is 0.303 e. The molecule has 0 unspecified atom stereocenters. The number of nitrogens with zero attached hydrogens (tertiary/aromatic N) is 4. The van der Waals surface area contributed by atoms with Crippen LogP contribution in [0.1, 0.15) is 38.2 Å². The SMILES string of the molecule is CCc1cc(Nc2cc(NC(C)=O)ncc2-c2coc(C)n2)nc(C(C)(F)F)n1. The Hall–Kier alpha value is -3.43. The first kappa shape index (κ1) is 20.3. The fraction of sp³-hybridized carbons (Fsp3) is 0.316. The van der Waals surface area contributed by atoms with Crippen molar-refractivity contribution in [2.75, 3.05) is 10.6 Å². The second kappa shape index (κ2) is 7.90. The molecule has 3 rings (SSSR count). The predicted molar refractivity (Wildman–Crippen MR) is 103 cm³/mol. The summed E-state index contributed by atoms with van der Waals surface area (Å²) in [5, 5.41) is 5.61. The molecule has 29 heavy (non-hydrogen) atoms. The fourth-order valence-corrected chi connectivity index (χ4v) is 2.58. The molecular weight excluding hydrogens is 382 g/mol. The van der Waals surface area contributed by atoms with Crippen molar-refractivity contribution in [1.29, 1.82) is 0 Å². The molecule has 2 N–H and O–H groups in total. The molecule has 0 aliphatic carbocycles. The molecule has 0 spiro atoms. The van der Waals surface area contributed by atoms with Crippen LogP contribution in [-0.2, 0) is 17.1 Å². The summed E-state index contributed by atoms with van der Waals surface area (Å²) in [4.78, 5) is 27.7. The van der Waals surface area contributed by atoms with Crippen LogP contribution in [-0.4, -0.2) is 25.8 Å². The van der Waals surface area contributed by atoms with Crippen LogP contribution in [0.15, 0.2) is 29.0 Å². The molecular formula is C19H20F2N6O2. The van der Waals surface area contributed by atoms with Gasteiger partial charge in [-0.15, -0.1) is 0 Å². The second-order valence-corrected chi connectivity index (χ2v) is 6.48. The number of aromatic nitrogens is 4. The minimum atomic E-state index is -3.19. The van der Waals surface area contributed by atoms with Crippen molar-refractivity contribution >= 4 is 23.2 Å². The van der Waals surface area contributed by atoms with E-state index in [1.165, 1.54) is 19.4 Å². The summed E-state index contributed by atoms with van der Waals surface area (Å²) >= 11 is 0. The number of rotatable bonds is 6. The van der Waals surface area contributed by atoms with Gasteiger partial charge in [-0.1, -0.05) is 6.92 Å². The van der Waals surface area contributed by atoms with Gasteiger partial charge in [0.25, 0.3) is 0 Å². The monoisotopic (exact) mass is 402 g/mol. The Morgan fingerprint density at radius 2 is 1.97 bits per heavy atom. The molecule has 3 aromatic heterocycles. The van der Waals surface area contributed by atoms with Gasteiger partial charge in [-0.05, 0) is 6.42 Å². The van der Waals surface area contributed by atoms with Gasteiger partial charge in [-0.3, -0.25) is 4.79 Å². The smallest absolute Gasteiger partial charge is 0.303 e. The average molecular weight is 402 g/mol. The number of pyridine rings is 1. The van der Waals surface area contributed by atoms with E-state index in [0.29, 0.717) is 35.0 Å². The molecule has 0 bridgehead atoms. The van der Waals surface area contributed by atoms with Gasteiger partial charge in [0.05, 0.1) is 5.69 Å². The highest BCUT2D eigenvalue weighted by molar-refractivity contribution is 5.89. The zero-order valence-electron chi connectivity index (χ0n) is 16.4. The highest BCUT2D eigenvalue weighted by Crippen LogP contribution is 2.32. The largest absolute Gasteiger partial charge is 0.449 e. The van der Waals surface area contributed by atoms with Crippen molar-refractivity contribution in [2.24, 2.45) is 0 Å². The summed E-state index contributed by atoms with van der Waals surface area (Å²) in [6, 6.07) is 3.16. The molecule has 8 nitrogen and oxygen atoms in total. The third kappa shape index (κ3) is 4.89. The third-order valence-corrected chi connectivity index (χ3v) is 3.90. The second-order valence-electron chi connectivity index (χ2n) is 6.48. The zero-order chi connectivity index (χ0) is 21.2. The molecule has 0 saturated heterocycles. The number of halogens is 2. The number of carbonyl (C=O) groups is 1. The lowest BCUT2D eigenvalue weighted by Crippen LogP contribution is -2.15. The first-order valence-electron chi connectivity index (χ1n) is 8.89. The van der Waals surface area contributed by atoms with Crippen LogP contribution in [0.25, 0.3) is 11.3 Å². The Balaban J connectivity index is 2.08. The first-order valence-corrected chi connectivity index (χ1v) is 8.89. The number of oxazole rings is 1. The molecule has 152 valence electrons. The summed E-state index contributed by atoms with van der Waals surface area (Å²) in [6.45, 7) is 5.62. The van der Waals surface area contributed by atoms with E-state index in [4.69, 9.17) is 4.42 Å². The lowest BCUT2D eigenvalue weighted by atomic mass is 10.1. The quantitative estimate of drug-likeness (QED) is 0.636. The fourth-order valence-electron chi connectivity index (χ4n) is 2.58. The van der Waals surface area contributed by atoms with Gasteiger partial charge in [0, 0.05) is 50.4 Å². The van der Waals surface area contributed by atoms with Gasteiger partial charge in [-0.25, -0.2) is 19.9 Å². The number of carbonyl (C=O) groups excluding carboxylic acids is 1. The Kier molecular flexibility index (Phi) is 5.53. The number of amides is 1. The summed E-state index contributed by atoms with van der Waals surface area (Å²) in [5.74, 6) is -3.12. The van der Waals surface area contributed by atoms with E-state index in [0.717, 1.165) is 6.92 Å². The molecule has 0 aliphatic rings. The molecule has 10 heteroatoms. The van der Waals surface area contributed by atoms with E-state index >= 15 is 0 Å². The topological polar surface area (TPSA) is 106 Å². The zero-order valence-corrected chi connectivity index (χ0v) is 16.4. The Morgan fingerprint density at radius 3 is 2.55 bits per heavy atom. The molecule has 0 radical (unpaired) electrons. The van der Waals surface area contributed by atoms with Crippen molar-refractivity contribution < 1.29 is 18.0 Å². The summed E-state index contributed by atoms with van der Waals surface area (Å²) in [7, 11) is 0. The maximum atomic E-state index is 13.8. The number of hydrogen-bond donors (Lipinski definition) is 2. The summed E-state index contributed by atoms with van der Waals surface area (Å²) < 4.78 is 32.9. The summed E-state index contributed by atoms with van der Waals surface area (Å²) in [6.07, 6.45) is 3.42. The van der Waals surface area contributed by atoms with Crippen LogP contribution in [0.5, 0.6) is 0 Å². The number of alkyl halides is 2. The number of anilines is 3. The van der Waals surface area contributed by atoms with E-state index < -0.39 is 11.7 Å². The molecule has 0 atom stereocenters. The molecule has 3 aromatic rings. The van der Waals surface area contributed by atoms with Crippen LogP contribution in [0, 0.1) is 6.92 Å². The Morgan fingerprint density at radius 1 is 1.21 bits per heavy atom. The number of hydrogen-bond acceptors (Lipinski definition) is 7. The Bertz CT molecular complexity index is 1050. The number of nitrogens with one attached hydrogen (secondary N) is 2. The van der Waals surface area contributed by atoms with E-state index in [2.05, 4.69) is 30.6 Å². The van der Waals surface area contributed by atoms with Crippen LogP contribution in [0.4, 0.5) is 26.1 Å². The summed E-state index contributed by atoms with van der Waals surface area (Å²) in [5.41, 5.74) is 1.98. The van der Waals surface area contributed by atoms with Crippen molar-refractivity contribution in [3.63, 3.8) is 0 Å². The van der Waals surface area contributed by atoms with Gasteiger partial charge in [-0.2, -0.15) is 8.78 Å². The van der Waals surface area contributed by atoms with E-state index in [1.54, 1.807) is 19.1 Å². The highest BCUT2D eigenvalue weighted by Gasteiger charge is 2.29. The van der Waals surface area contributed by atoms with Crippen LogP contribution in [0.2, 0.25) is 0 Å². The first-order chi connectivity index (χ1) is 13.7. The van der Waals surface area contributed by atoms with Crippen LogP contribution >= 0.6 is 0 Å². The van der Waals surface area contributed by atoms with Gasteiger partial charge in [0.1, 0.15) is 23.6 Å². The molecule has 0 aliphatic heterocycles. The minimum absolute atomic E-state index is 0.190. The molecule has 1 amide bonds. The van der Waals surface area contributed by atoms with Gasteiger partial charge >= 0.3 is 5.92 Å². The van der Waals surface area contributed by atoms with Crippen molar-refractivity contribution in [2.45, 2.75) is 40.0 Å². The van der Waals surface area contributed by atoms with Crippen LogP contribution in [0.3, 0.4) is 0 Å². The molecule has 0 aromatic carbocycles. The van der Waals surface area contributed by atoms with E-state index in [1.807, 2.05) is 6.92 Å². The van der Waals surface area contributed by atoms with Gasteiger partial charge < -0.3 is 15.1 Å². The predicted octanol–water partition coefficient (Wildman–Crippen LogP) is 4.21. The van der Waals surface area contributed by atoms with E-state index in [9.17, 15) is 13.6 Å². The standard InChI is InChI=1S/C19H20F2N6O2/c1-5-12-6-17(27-18(25-12)19(4,20)21)26-14-7-16(23-10(2)28)22-8-13(14)15-9-29-11(3)24-15/h6-9H,5H2,1-4H3,(H2,22,23,25,26,27,28). The molecule has 3 heterocycles. The highest BCUT2D eigenvalue weighted by atomic mass is 19.3. The Labute approximate surface area is 165 Å². The van der Waals surface area contributed by atoms with Crippen LogP contribution < -0.4 is 10.6 Å². The van der Waals surface area contributed by atoms with E-state index in [-0.39, 0.29) is 17.5 Å². The van der Waals surface area contributed by atoms with Crippen molar-refractivity contribution in [3.8, 4) is 11.3 Å². The number of aryl methyl sites for hydroxylation is 2. The van der Waals surface area contributed by atoms with Gasteiger partial charge in [0.2, 0.25) is 11.7 Å². The normalized spacial score (nSPS) is 11.4. The van der Waals surface area contributed by atoms with Crippen molar-refractivity contribution in [1.82, 2.24) is 19.9 Å². The molecule has 0 saturated carbocycles. The average Bonchev–Trinajstić information content (AvgIpc) is 3.06. The lowest BCUT2D eigenvalue weighted by molar-refractivity contribution is -0.114. The van der Waals surface area contributed by atoms with Gasteiger partial charge in [0.15, 0.2) is 5.89 Å². The van der Waals surface area contributed by atoms with Crippen molar-refractivity contribution in [3.05, 3.63) is 42.0 Å².